The Labute approximate surface area is 145 Å². The van der Waals surface area contributed by atoms with Gasteiger partial charge in [0.2, 0.25) is 5.91 Å². The van der Waals surface area contributed by atoms with Crippen LogP contribution in [0.15, 0.2) is 24.3 Å². The maximum Gasteiger partial charge on any atom is 0.325 e. The first-order valence-corrected chi connectivity index (χ1v) is 8.41. The molecular formula is C17H21ClN2O4. The highest BCUT2D eigenvalue weighted by Crippen LogP contribution is 2.23. The fourth-order valence-electron chi connectivity index (χ4n) is 2.63. The van der Waals surface area contributed by atoms with Crippen LogP contribution in [0.1, 0.15) is 32.1 Å². The molecule has 0 aromatic heterocycles. The molecule has 1 saturated carbocycles. The van der Waals surface area contributed by atoms with E-state index in [0.717, 1.165) is 32.1 Å². The first kappa shape index (κ1) is 18.3. The Hall–Kier alpha value is -2.08. The summed E-state index contributed by atoms with van der Waals surface area (Å²) in [6.45, 7) is -0.634. The molecule has 0 aliphatic heterocycles. The van der Waals surface area contributed by atoms with E-state index in [1.165, 1.54) is 0 Å². The molecule has 1 fully saturated rings. The van der Waals surface area contributed by atoms with Gasteiger partial charge in [0.15, 0.2) is 6.61 Å². The molecule has 24 heavy (non-hydrogen) atoms. The highest BCUT2D eigenvalue weighted by molar-refractivity contribution is 6.30. The molecule has 2 N–H and O–H groups in total. The molecule has 7 heteroatoms. The van der Waals surface area contributed by atoms with Gasteiger partial charge in [0, 0.05) is 16.6 Å². The lowest BCUT2D eigenvalue weighted by Crippen LogP contribution is -2.36. The van der Waals surface area contributed by atoms with Crippen LogP contribution in [0.2, 0.25) is 5.02 Å². The summed E-state index contributed by atoms with van der Waals surface area (Å²) >= 11 is 5.81. The summed E-state index contributed by atoms with van der Waals surface area (Å²) in [6, 6.07) is 6.65. The van der Waals surface area contributed by atoms with Gasteiger partial charge < -0.3 is 15.4 Å². The van der Waals surface area contributed by atoms with Crippen molar-refractivity contribution < 1.29 is 19.1 Å². The number of rotatable bonds is 6. The van der Waals surface area contributed by atoms with Gasteiger partial charge in [-0.05, 0) is 31.0 Å². The van der Waals surface area contributed by atoms with Crippen molar-refractivity contribution in [2.24, 2.45) is 5.92 Å². The minimum atomic E-state index is -0.639. The maximum absolute atomic E-state index is 11.9. The number of benzene rings is 1. The summed E-state index contributed by atoms with van der Waals surface area (Å²) in [7, 11) is 0. The van der Waals surface area contributed by atoms with Crippen LogP contribution in [0.25, 0.3) is 0 Å². The number of esters is 1. The number of halogens is 1. The van der Waals surface area contributed by atoms with Crippen molar-refractivity contribution >= 4 is 35.1 Å². The molecule has 0 atom stereocenters. The standard InChI is InChI=1S/C17H21ClN2O4/c18-13-7-4-8-14(9-13)20-15(21)11-24-16(22)10-19-17(23)12-5-2-1-3-6-12/h4,7-9,12H,1-3,5-6,10-11H2,(H,19,23)(H,20,21). The van der Waals surface area contributed by atoms with Gasteiger partial charge in [0.1, 0.15) is 6.54 Å². The molecule has 0 bridgehead atoms. The van der Waals surface area contributed by atoms with E-state index in [1.54, 1.807) is 24.3 Å². The van der Waals surface area contributed by atoms with Gasteiger partial charge in [-0.3, -0.25) is 14.4 Å². The molecule has 6 nitrogen and oxygen atoms in total. The highest BCUT2D eigenvalue weighted by Gasteiger charge is 2.21. The Morgan fingerprint density at radius 3 is 2.62 bits per heavy atom. The first-order valence-electron chi connectivity index (χ1n) is 8.03. The SMILES string of the molecule is O=C(COC(=O)CNC(=O)C1CCCCC1)Nc1cccc(Cl)c1. The second-order valence-electron chi connectivity index (χ2n) is 5.77. The lowest BCUT2D eigenvalue weighted by molar-refractivity contribution is -0.147. The summed E-state index contributed by atoms with van der Waals surface area (Å²) in [5, 5.41) is 5.63. The summed E-state index contributed by atoms with van der Waals surface area (Å²) < 4.78 is 4.85. The molecule has 130 valence electrons. The smallest absolute Gasteiger partial charge is 0.325 e. The van der Waals surface area contributed by atoms with Gasteiger partial charge in [-0.25, -0.2) is 0 Å². The van der Waals surface area contributed by atoms with Crippen LogP contribution in [-0.4, -0.2) is 30.9 Å². The number of ether oxygens (including phenoxy) is 1. The van der Waals surface area contributed by atoms with Crippen molar-refractivity contribution in [2.45, 2.75) is 32.1 Å². The Balaban J connectivity index is 1.65. The van der Waals surface area contributed by atoms with Crippen LogP contribution in [0.3, 0.4) is 0 Å². The Kier molecular flexibility index (Phi) is 7.06. The molecule has 0 unspecified atom stereocenters. The molecule has 2 rings (SSSR count). The van der Waals surface area contributed by atoms with Crippen molar-refractivity contribution in [3.63, 3.8) is 0 Å². The molecular weight excluding hydrogens is 332 g/mol. The van der Waals surface area contributed by atoms with E-state index in [-0.39, 0.29) is 18.4 Å². The fourth-order valence-corrected chi connectivity index (χ4v) is 2.82. The van der Waals surface area contributed by atoms with Gasteiger partial charge >= 0.3 is 5.97 Å². The van der Waals surface area contributed by atoms with Crippen molar-refractivity contribution in [1.29, 1.82) is 0 Å². The number of amides is 2. The number of carbonyl (C=O) groups is 3. The molecule has 1 aliphatic rings. The van der Waals surface area contributed by atoms with Crippen molar-refractivity contribution in [1.82, 2.24) is 5.32 Å². The summed E-state index contributed by atoms with van der Waals surface area (Å²) in [5.41, 5.74) is 0.522. The van der Waals surface area contributed by atoms with E-state index in [2.05, 4.69) is 10.6 Å². The Morgan fingerprint density at radius 1 is 1.17 bits per heavy atom. The van der Waals surface area contributed by atoms with Crippen LogP contribution in [0, 0.1) is 5.92 Å². The summed E-state index contributed by atoms with van der Waals surface area (Å²) in [4.78, 5) is 35.2. The van der Waals surface area contributed by atoms with Crippen LogP contribution in [0.5, 0.6) is 0 Å². The summed E-state index contributed by atoms with van der Waals surface area (Å²) in [5.74, 6) is -1.24. The third-order valence-electron chi connectivity index (χ3n) is 3.86. The molecule has 1 aromatic carbocycles. The van der Waals surface area contributed by atoms with Gasteiger partial charge in [-0.2, -0.15) is 0 Å². The van der Waals surface area contributed by atoms with Gasteiger partial charge in [0.05, 0.1) is 0 Å². The number of hydrogen-bond donors (Lipinski definition) is 2. The van der Waals surface area contributed by atoms with Crippen molar-refractivity contribution in [3.8, 4) is 0 Å². The minimum Gasteiger partial charge on any atom is -0.454 e. The second-order valence-corrected chi connectivity index (χ2v) is 6.21. The number of nitrogens with one attached hydrogen (secondary N) is 2. The zero-order valence-electron chi connectivity index (χ0n) is 13.3. The Morgan fingerprint density at radius 2 is 1.92 bits per heavy atom. The lowest BCUT2D eigenvalue weighted by Gasteiger charge is -2.20. The van der Waals surface area contributed by atoms with E-state index < -0.39 is 18.5 Å². The monoisotopic (exact) mass is 352 g/mol. The molecule has 1 aliphatic carbocycles. The topological polar surface area (TPSA) is 84.5 Å². The first-order chi connectivity index (χ1) is 11.5. The molecule has 0 spiro atoms. The van der Waals surface area contributed by atoms with Gasteiger partial charge in [0.25, 0.3) is 5.91 Å². The third kappa shape index (κ3) is 6.20. The van der Waals surface area contributed by atoms with Crippen molar-refractivity contribution in [2.75, 3.05) is 18.5 Å². The average Bonchev–Trinajstić information content (AvgIpc) is 2.58. The molecule has 0 saturated heterocycles. The van der Waals surface area contributed by atoms with E-state index in [1.807, 2.05) is 0 Å². The molecule has 0 radical (unpaired) electrons. The normalized spacial score (nSPS) is 14.7. The van der Waals surface area contributed by atoms with Crippen LogP contribution in [-0.2, 0) is 19.1 Å². The van der Waals surface area contributed by atoms with E-state index in [0.29, 0.717) is 10.7 Å². The predicted octanol–water partition coefficient (Wildman–Crippen LogP) is 2.52. The lowest BCUT2D eigenvalue weighted by atomic mass is 9.89. The van der Waals surface area contributed by atoms with E-state index in [9.17, 15) is 14.4 Å². The number of carbonyl (C=O) groups excluding carboxylic acids is 3. The molecule has 2 amide bonds. The maximum atomic E-state index is 11.9. The Bertz CT molecular complexity index is 600. The number of anilines is 1. The number of hydrogen-bond acceptors (Lipinski definition) is 4. The zero-order valence-corrected chi connectivity index (χ0v) is 14.1. The average molecular weight is 353 g/mol. The van der Waals surface area contributed by atoms with Crippen LogP contribution in [0.4, 0.5) is 5.69 Å². The van der Waals surface area contributed by atoms with Crippen molar-refractivity contribution in [3.05, 3.63) is 29.3 Å². The van der Waals surface area contributed by atoms with Gasteiger partial charge in [-0.1, -0.05) is 36.9 Å². The zero-order chi connectivity index (χ0) is 17.4. The molecule has 1 aromatic rings. The largest absolute Gasteiger partial charge is 0.454 e. The molecule has 0 heterocycles. The summed E-state index contributed by atoms with van der Waals surface area (Å²) in [6.07, 6.45) is 4.98. The predicted molar refractivity (Wildman–Crippen MR) is 90.6 cm³/mol. The third-order valence-corrected chi connectivity index (χ3v) is 4.09. The minimum absolute atomic E-state index is 0.0160. The quantitative estimate of drug-likeness (QED) is 0.770. The van der Waals surface area contributed by atoms with Crippen LogP contribution >= 0.6 is 11.6 Å². The van der Waals surface area contributed by atoms with E-state index >= 15 is 0 Å². The van der Waals surface area contributed by atoms with Gasteiger partial charge in [-0.15, -0.1) is 0 Å². The van der Waals surface area contributed by atoms with Crippen LogP contribution < -0.4 is 10.6 Å². The highest BCUT2D eigenvalue weighted by atomic mass is 35.5. The fraction of sp³-hybridized carbons (Fsp3) is 0.471. The second kappa shape index (κ2) is 9.27. The van der Waals surface area contributed by atoms with E-state index in [4.69, 9.17) is 16.3 Å².